The fraction of sp³-hybridized carbons (Fsp3) is 0.857. The van der Waals surface area contributed by atoms with Crippen LogP contribution in [0.5, 0.6) is 0 Å². The lowest BCUT2D eigenvalue weighted by Gasteiger charge is -2.28. The van der Waals surface area contributed by atoms with Crippen LogP contribution in [0.25, 0.3) is 0 Å². The number of hydrogen-bond donors (Lipinski definition) is 3. The van der Waals surface area contributed by atoms with Gasteiger partial charge in [0.1, 0.15) is 6.04 Å². The standard InChI is InChI=1S/C14H27N3O4/c1-9(2)5-10(7-16(3)4)15-14(21)17-8-11(18)6-12(17)13(19)20/h9-12,18H,5-8H2,1-4H3,(H,15,21)(H,19,20). The number of carbonyl (C=O) groups excluding carboxylic acids is 1. The molecule has 21 heavy (non-hydrogen) atoms. The van der Waals surface area contributed by atoms with Gasteiger partial charge in [-0.25, -0.2) is 9.59 Å². The van der Waals surface area contributed by atoms with Crippen molar-refractivity contribution in [3.05, 3.63) is 0 Å². The molecule has 0 radical (unpaired) electrons. The van der Waals surface area contributed by atoms with Crippen molar-refractivity contribution in [2.75, 3.05) is 27.2 Å². The first kappa shape index (κ1) is 17.7. The maximum absolute atomic E-state index is 12.3. The number of nitrogens with zero attached hydrogens (tertiary/aromatic N) is 2. The number of likely N-dealkylation sites (tertiary alicyclic amines) is 1. The van der Waals surface area contributed by atoms with Crippen molar-refractivity contribution < 1.29 is 19.8 Å². The minimum Gasteiger partial charge on any atom is -0.480 e. The van der Waals surface area contributed by atoms with Crippen LogP contribution in [0, 0.1) is 5.92 Å². The van der Waals surface area contributed by atoms with Gasteiger partial charge in [-0.3, -0.25) is 0 Å². The third kappa shape index (κ3) is 5.51. The van der Waals surface area contributed by atoms with Crippen LogP contribution in [0.3, 0.4) is 0 Å². The summed E-state index contributed by atoms with van der Waals surface area (Å²) < 4.78 is 0. The molecule has 2 amide bonds. The number of aliphatic hydroxyl groups is 1. The Bertz CT molecular complexity index is 363. The first-order chi connectivity index (χ1) is 9.70. The van der Waals surface area contributed by atoms with Crippen LogP contribution >= 0.6 is 0 Å². The maximum atomic E-state index is 12.3. The fourth-order valence-corrected chi connectivity index (χ4v) is 2.72. The summed E-state index contributed by atoms with van der Waals surface area (Å²) in [5.41, 5.74) is 0. The molecule has 3 atom stereocenters. The number of nitrogens with one attached hydrogen (secondary N) is 1. The highest BCUT2D eigenvalue weighted by Gasteiger charge is 2.39. The highest BCUT2D eigenvalue weighted by Crippen LogP contribution is 2.18. The van der Waals surface area contributed by atoms with Crippen molar-refractivity contribution in [2.45, 2.75) is 44.9 Å². The number of carbonyl (C=O) groups is 2. The van der Waals surface area contributed by atoms with Crippen molar-refractivity contribution in [2.24, 2.45) is 5.92 Å². The number of aliphatic carboxylic acids is 1. The third-order valence-corrected chi connectivity index (χ3v) is 3.49. The molecule has 0 saturated carbocycles. The van der Waals surface area contributed by atoms with Crippen molar-refractivity contribution >= 4 is 12.0 Å². The molecule has 1 aliphatic rings. The van der Waals surface area contributed by atoms with E-state index in [4.69, 9.17) is 5.11 Å². The van der Waals surface area contributed by atoms with E-state index in [1.165, 1.54) is 4.90 Å². The highest BCUT2D eigenvalue weighted by atomic mass is 16.4. The van der Waals surface area contributed by atoms with Gasteiger partial charge < -0.3 is 25.3 Å². The van der Waals surface area contributed by atoms with Gasteiger partial charge in [-0.05, 0) is 26.4 Å². The van der Waals surface area contributed by atoms with Crippen LogP contribution in [0.2, 0.25) is 0 Å². The van der Waals surface area contributed by atoms with E-state index >= 15 is 0 Å². The zero-order valence-corrected chi connectivity index (χ0v) is 13.2. The Balaban J connectivity index is 2.69. The molecule has 3 unspecified atom stereocenters. The first-order valence-corrected chi connectivity index (χ1v) is 7.33. The van der Waals surface area contributed by atoms with Crippen LogP contribution < -0.4 is 5.32 Å². The quantitative estimate of drug-likeness (QED) is 0.651. The molecule has 0 spiro atoms. The zero-order valence-electron chi connectivity index (χ0n) is 13.2. The molecular formula is C14H27N3O4. The van der Waals surface area contributed by atoms with Crippen molar-refractivity contribution in [3.63, 3.8) is 0 Å². The number of carboxylic acid groups (broad SMARTS) is 1. The summed E-state index contributed by atoms with van der Waals surface area (Å²) in [5.74, 6) is -0.649. The van der Waals surface area contributed by atoms with E-state index in [2.05, 4.69) is 19.2 Å². The lowest BCUT2D eigenvalue weighted by Crippen LogP contribution is -2.51. The number of carboxylic acids is 1. The summed E-state index contributed by atoms with van der Waals surface area (Å²) in [6.45, 7) is 4.92. The lowest BCUT2D eigenvalue weighted by molar-refractivity contribution is -0.141. The molecule has 1 fully saturated rings. The van der Waals surface area contributed by atoms with Crippen LogP contribution in [0.15, 0.2) is 0 Å². The van der Waals surface area contributed by atoms with Gasteiger partial charge >= 0.3 is 12.0 Å². The smallest absolute Gasteiger partial charge is 0.326 e. The summed E-state index contributed by atoms with van der Waals surface area (Å²) in [7, 11) is 3.86. The fourth-order valence-electron chi connectivity index (χ4n) is 2.72. The summed E-state index contributed by atoms with van der Waals surface area (Å²) >= 11 is 0. The second-order valence-corrected chi connectivity index (χ2v) is 6.43. The molecule has 0 aliphatic carbocycles. The van der Waals surface area contributed by atoms with E-state index in [1.807, 2.05) is 19.0 Å². The van der Waals surface area contributed by atoms with Crippen molar-refractivity contribution in [1.82, 2.24) is 15.1 Å². The molecule has 0 aromatic rings. The van der Waals surface area contributed by atoms with Crippen molar-refractivity contribution in [3.8, 4) is 0 Å². The largest absolute Gasteiger partial charge is 0.480 e. The second-order valence-electron chi connectivity index (χ2n) is 6.43. The average Bonchev–Trinajstić information content (AvgIpc) is 2.69. The van der Waals surface area contributed by atoms with Crippen LogP contribution in [-0.4, -0.2) is 77.4 Å². The predicted octanol–water partition coefficient (Wildman–Crippen LogP) is 0.192. The van der Waals surface area contributed by atoms with Gasteiger partial charge in [-0.15, -0.1) is 0 Å². The SMILES string of the molecule is CC(C)CC(CN(C)C)NC(=O)N1CC(O)CC1C(=O)O. The highest BCUT2D eigenvalue weighted by molar-refractivity contribution is 5.83. The Hall–Kier alpha value is -1.34. The Morgan fingerprint density at radius 1 is 1.38 bits per heavy atom. The molecule has 0 bridgehead atoms. The second kappa shape index (κ2) is 7.61. The topological polar surface area (TPSA) is 93.1 Å². The number of amides is 2. The minimum atomic E-state index is -1.07. The van der Waals surface area contributed by atoms with Gasteiger partial charge in [-0.1, -0.05) is 13.8 Å². The Kier molecular flexibility index (Phi) is 6.42. The van der Waals surface area contributed by atoms with E-state index in [0.717, 1.165) is 6.42 Å². The monoisotopic (exact) mass is 301 g/mol. The van der Waals surface area contributed by atoms with E-state index in [9.17, 15) is 14.7 Å². The molecule has 0 aromatic heterocycles. The molecule has 7 heteroatoms. The van der Waals surface area contributed by atoms with Crippen LogP contribution in [0.1, 0.15) is 26.7 Å². The van der Waals surface area contributed by atoms with Gasteiger partial charge in [0.2, 0.25) is 0 Å². The first-order valence-electron chi connectivity index (χ1n) is 7.33. The summed E-state index contributed by atoms with van der Waals surface area (Å²) in [6.07, 6.45) is 0.137. The molecule has 1 saturated heterocycles. The van der Waals surface area contributed by atoms with E-state index < -0.39 is 24.1 Å². The van der Waals surface area contributed by atoms with Gasteiger partial charge in [0, 0.05) is 25.6 Å². The van der Waals surface area contributed by atoms with Gasteiger partial charge in [0.25, 0.3) is 0 Å². The van der Waals surface area contributed by atoms with E-state index in [1.54, 1.807) is 0 Å². The number of aliphatic hydroxyl groups excluding tert-OH is 1. The number of rotatable bonds is 6. The third-order valence-electron chi connectivity index (χ3n) is 3.49. The van der Waals surface area contributed by atoms with Gasteiger partial charge in [-0.2, -0.15) is 0 Å². The maximum Gasteiger partial charge on any atom is 0.326 e. The molecule has 7 nitrogen and oxygen atoms in total. The Morgan fingerprint density at radius 2 is 2.00 bits per heavy atom. The minimum absolute atomic E-state index is 0.0420. The number of urea groups is 1. The van der Waals surface area contributed by atoms with Crippen LogP contribution in [-0.2, 0) is 4.79 Å². The van der Waals surface area contributed by atoms with Crippen molar-refractivity contribution in [1.29, 1.82) is 0 Å². The predicted molar refractivity (Wildman–Crippen MR) is 79.1 cm³/mol. The van der Waals surface area contributed by atoms with Gasteiger partial charge in [0.05, 0.1) is 6.10 Å². The zero-order chi connectivity index (χ0) is 16.2. The molecule has 122 valence electrons. The number of hydrogen-bond acceptors (Lipinski definition) is 4. The summed E-state index contributed by atoms with van der Waals surface area (Å²) in [4.78, 5) is 26.7. The molecule has 1 aliphatic heterocycles. The Morgan fingerprint density at radius 3 is 2.48 bits per heavy atom. The molecule has 1 heterocycles. The lowest BCUT2D eigenvalue weighted by atomic mass is 10.0. The van der Waals surface area contributed by atoms with Crippen LogP contribution in [0.4, 0.5) is 4.79 Å². The molecule has 0 aromatic carbocycles. The summed E-state index contributed by atoms with van der Waals surface area (Å²) in [6, 6.07) is -1.40. The molecule has 3 N–H and O–H groups in total. The molecule has 1 rings (SSSR count). The summed E-state index contributed by atoms with van der Waals surface area (Å²) in [5, 5.41) is 21.6. The number of β-amino-alcohol motifs (C(OH)–C–C–N with tert-alkyl or cyclic N) is 1. The number of likely N-dealkylation sites (N-methyl/N-ethyl adjacent to an activating group) is 1. The van der Waals surface area contributed by atoms with E-state index in [-0.39, 0.29) is 19.0 Å². The molecular weight excluding hydrogens is 274 g/mol. The Labute approximate surface area is 125 Å². The van der Waals surface area contributed by atoms with Gasteiger partial charge in [0.15, 0.2) is 0 Å². The average molecular weight is 301 g/mol. The van der Waals surface area contributed by atoms with E-state index in [0.29, 0.717) is 12.5 Å². The normalized spacial score (nSPS) is 23.7.